The first-order chi connectivity index (χ1) is 14.3. The molecule has 5 amide bonds. The summed E-state index contributed by atoms with van der Waals surface area (Å²) in [5.74, 6) is -1.46. The highest BCUT2D eigenvalue weighted by molar-refractivity contribution is 6.10. The molecule has 2 aromatic carbocycles. The van der Waals surface area contributed by atoms with Gasteiger partial charge in [0.25, 0.3) is 5.91 Å². The maximum absolute atomic E-state index is 13.0. The van der Waals surface area contributed by atoms with Crippen molar-refractivity contribution in [2.45, 2.75) is 12.5 Å². The molecule has 1 aliphatic rings. The molecule has 1 saturated heterocycles. The number of urea groups is 1. The van der Waals surface area contributed by atoms with Gasteiger partial charge in [0.2, 0.25) is 11.8 Å². The van der Waals surface area contributed by atoms with E-state index in [2.05, 4.69) is 10.6 Å². The second-order valence-corrected chi connectivity index (χ2v) is 7.08. The third-order valence-electron chi connectivity index (χ3n) is 4.95. The number of anilines is 1. The molecular formula is C21H18N4O5. The topological polar surface area (TPSA) is 135 Å². The number of nitrogens with two attached hydrogens (primary N) is 1. The maximum atomic E-state index is 13.0. The van der Waals surface area contributed by atoms with Crippen LogP contribution in [0.25, 0.3) is 11.0 Å². The number of imide groups is 1. The van der Waals surface area contributed by atoms with Crippen LogP contribution in [-0.4, -0.2) is 35.2 Å². The largest absolute Gasteiger partial charge is 0.458 e. The van der Waals surface area contributed by atoms with Gasteiger partial charge < -0.3 is 20.8 Å². The lowest BCUT2D eigenvalue weighted by Crippen LogP contribution is -2.41. The van der Waals surface area contributed by atoms with Crippen LogP contribution in [-0.2, 0) is 15.1 Å². The summed E-state index contributed by atoms with van der Waals surface area (Å²) >= 11 is 0. The monoisotopic (exact) mass is 406 g/mol. The zero-order valence-electron chi connectivity index (χ0n) is 16.0. The fourth-order valence-electron chi connectivity index (χ4n) is 3.30. The van der Waals surface area contributed by atoms with E-state index in [-0.39, 0.29) is 5.76 Å². The molecule has 0 radical (unpaired) electrons. The van der Waals surface area contributed by atoms with Gasteiger partial charge in [-0.05, 0) is 43.3 Å². The van der Waals surface area contributed by atoms with E-state index >= 15 is 0 Å². The molecule has 0 aliphatic carbocycles. The normalized spacial score (nSPS) is 18.5. The number of primary amides is 1. The van der Waals surface area contributed by atoms with Crippen LogP contribution < -0.4 is 16.4 Å². The van der Waals surface area contributed by atoms with E-state index in [1.54, 1.807) is 18.2 Å². The molecule has 9 heteroatoms. The van der Waals surface area contributed by atoms with Crippen LogP contribution in [0.2, 0.25) is 0 Å². The summed E-state index contributed by atoms with van der Waals surface area (Å²) in [4.78, 5) is 49.7. The second-order valence-electron chi connectivity index (χ2n) is 7.08. The molecule has 9 nitrogen and oxygen atoms in total. The van der Waals surface area contributed by atoms with Crippen molar-refractivity contribution in [1.29, 1.82) is 0 Å². The lowest BCUT2D eigenvalue weighted by atomic mass is 9.99. The number of benzene rings is 2. The highest BCUT2D eigenvalue weighted by atomic mass is 16.3. The molecule has 0 spiro atoms. The molecule has 4 rings (SSSR count). The highest BCUT2D eigenvalue weighted by Gasteiger charge is 2.51. The average Bonchev–Trinajstić information content (AvgIpc) is 3.24. The fourth-order valence-corrected chi connectivity index (χ4v) is 3.30. The molecule has 1 aliphatic heterocycles. The molecule has 2 heterocycles. The van der Waals surface area contributed by atoms with Gasteiger partial charge in [-0.3, -0.25) is 19.3 Å². The van der Waals surface area contributed by atoms with Crippen molar-refractivity contribution < 1.29 is 23.6 Å². The third kappa shape index (κ3) is 3.26. The Labute approximate surface area is 170 Å². The van der Waals surface area contributed by atoms with E-state index in [1.165, 1.54) is 31.2 Å². The number of nitrogens with zero attached hydrogens (tertiary/aromatic N) is 1. The van der Waals surface area contributed by atoms with Gasteiger partial charge in [-0.25, -0.2) is 4.79 Å². The van der Waals surface area contributed by atoms with Crippen molar-refractivity contribution in [1.82, 2.24) is 10.2 Å². The first-order valence-electron chi connectivity index (χ1n) is 9.11. The summed E-state index contributed by atoms with van der Waals surface area (Å²) in [7, 11) is 0. The number of furan rings is 1. The van der Waals surface area contributed by atoms with Gasteiger partial charge in [-0.1, -0.05) is 18.2 Å². The van der Waals surface area contributed by atoms with Gasteiger partial charge in [0.05, 0.1) is 0 Å². The van der Waals surface area contributed by atoms with Crippen LogP contribution in [0.4, 0.5) is 10.5 Å². The van der Waals surface area contributed by atoms with Gasteiger partial charge in [-0.2, -0.15) is 0 Å². The minimum absolute atomic E-state index is 0.284. The summed E-state index contributed by atoms with van der Waals surface area (Å²) < 4.78 is 5.75. The van der Waals surface area contributed by atoms with Crippen molar-refractivity contribution >= 4 is 40.4 Å². The van der Waals surface area contributed by atoms with Crippen molar-refractivity contribution in [2.75, 3.05) is 11.9 Å². The van der Waals surface area contributed by atoms with E-state index in [4.69, 9.17) is 10.2 Å². The van der Waals surface area contributed by atoms with Crippen molar-refractivity contribution in [3.8, 4) is 0 Å². The molecule has 1 aromatic heterocycles. The predicted octanol–water partition coefficient (Wildman–Crippen LogP) is 1.94. The van der Waals surface area contributed by atoms with E-state index in [9.17, 15) is 19.2 Å². The zero-order chi connectivity index (χ0) is 21.5. The Kier molecular flexibility index (Phi) is 4.50. The Morgan fingerprint density at radius 3 is 2.50 bits per heavy atom. The Bertz CT molecular complexity index is 1150. The van der Waals surface area contributed by atoms with Crippen LogP contribution in [0.5, 0.6) is 0 Å². The average molecular weight is 406 g/mol. The molecule has 4 N–H and O–H groups in total. The number of hydrogen-bond donors (Lipinski definition) is 3. The lowest BCUT2D eigenvalue weighted by molar-refractivity contribution is -0.134. The van der Waals surface area contributed by atoms with E-state index < -0.39 is 35.8 Å². The van der Waals surface area contributed by atoms with Gasteiger partial charge in [-0.15, -0.1) is 0 Å². The first-order valence-corrected chi connectivity index (χ1v) is 9.11. The number of rotatable bonds is 5. The molecule has 1 fully saturated rings. The standard InChI is InChI=1S/C21H18N4O5/c1-21(16-10-13-4-2-3-5-15(13)30-16)19(28)25(20(29)24-21)11-17(26)23-14-8-6-12(7-9-14)18(22)27/h2-10H,11H2,1H3,(H2,22,27)(H,23,26)(H,24,29)/t21-/m0/s1. The van der Waals surface area contributed by atoms with Crippen LogP contribution in [0.15, 0.2) is 59.0 Å². The Hall–Kier alpha value is -4.14. The van der Waals surface area contributed by atoms with Gasteiger partial charge in [0.15, 0.2) is 5.54 Å². The summed E-state index contributed by atoms with van der Waals surface area (Å²) in [6, 6.07) is 14.2. The number of nitrogens with one attached hydrogen (secondary N) is 2. The zero-order valence-corrected chi connectivity index (χ0v) is 16.0. The van der Waals surface area contributed by atoms with Crippen LogP contribution in [0.3, 0.4) is 0 Å². The number of carbonyl (C=O) groups excluding carboxylic acids is 4. The molecule has 0 bridgehead atoms. The van der Waals surface area contributed by atoms with E-state index in [0.717, 1.165) is 10.3 Å². The molecule has 1 atom stereocenters. The Morgan fingerprint density at radius 1 is 1.13 bits per heavy atom. The Balaban J connectivity index is 1.49. The highest BCUT2D eigenvalue weighted by Crippen LogP contribution is 2.32. The fraction of sp³-hybridized carbons (Fsp3) is 0.143. The molecule has 3 aromatic rings. The van der Waals surface area contributed by atoms with Gasteiger partial charge >= 0.3 is 6.03 Å². The van der Waals surface area contributed by atoms with Gasteiger partial charge in [0.1, 0.15) is 17.9 Å². The number of para-hydroxylation sites is 1. The summed E-state index contributed by atoms with van der Waals surface area (Å²) in [6.45, 7) is 1.06. The minimum atomic E-state index is -1.42. The molecule has 0 saturated carbocycles. The van der Waals surface area contributed by atoms with E-state index in [1.807, 2.05) is 12.1 Å². The summed E-state index contributed by atoms with van der Waals surface area (Å²) in [6.07, 6.45) is 0. The minimum Gasteiger partial charge on any atom is -0.458 e. The van der Waals surface area contributed by atoms with Crippen molar-refractivity contribution in [2.24, 2.45) is 5.73 Å². The Morgan fingerprint density at radius 2 is 1.83 bits per heavy atom. The summed E-state index contributed by atoms with van der Waals surface area (Å²) in [5, 5.41) is 5.98. The number of amides is 5. The lowest BCUT2D eigenvalue weighted by Gasteiger charge is -2.18. The molecule has 30 heavy (non-hydrogen) atoms. The number of fused-ring (bicyclic) bond motifs is 1. The predicted molar refractivity (Wildman–Crippen MR) is 107 cm³/mol. The number of carbonyl (C=O) groups is 4. The van der Waals surface area contributed by atoms with Gasteiger partial charge in [0, 0.05) is 16.6 Å². The number of hydrogen-bond acceptors (Lipinski definition) is 5. The van der Waals surface area contributed by atoms with Crippen molar-refractivity contribution in [3.05, 3.63) is 65.9 Å². The quantitative estimate of drug-likeness (QED) is 0.557. The third-order valence-corrected chi connectivity index (χ3v) is 4.95. The second kappa shape index (κ2) is 7.03. The molecule has 0 unspecified atom stereocenters. The van der Waals surface area contributed by atoms with Crippen molar-refractivity contribution in [3.63, 3.8) is 0 Å². The molecule has 152 valence electrons. The van der Waals surface area contributed by atoms with Crippen LogP contribution >= 0.6 is 0 Å². The smallest absolute Gasteiger partial charge is 0.325 e. The summed E-state index contributed by atoms with van der Waals surface area (Å²) in [5.41, 5.74) is 5.05. The van der Waals surface area contributed by atoms with E-state index in [0.29, 0.717) is 16.8 Å². The molecular weight excluding hydrogens is 388 g/mol. The maximum Gasteiger partial charge on any atom is 0.325 e. The first kappa shape index (κ1) is 19.2. The SMILES string of the molecule is C[C@@]1(c2cc3ccccc3o2)NC(=O)N(CC(=O)Nc2ccc(C(N)=O)cc2)C1=O. The van der Waals surface area contributed by atoms with Crippen LogP contribution in [0, 0.1) is 0 Å². The van der Waals surface area contributed by atoms with Crippen LogP contribution in [0.1, 0.15) is 23.0 Å².